The lowest BCUT2D eigenvalue weighted by molar-refractivity contribution is -0.144. The fraction of sp³-hybridized carbons (Fsp3) is 0.643. The number of hydrogen-bond donors (Lipinski definition) is 3. The van der Waals surface area contributed by atoms with Crippen LogP contribution >= 0.6 is 12.4 Å². The molecule has 0 radical (unpaired) electrons. The van der Waals surface area contributed by atoms with Crippen LogP contribution in [0.5, 0.6) is 0 Å². The van der Waals surface area contributed by atoms with Gasteiger partial charge < -0.3 is 10.6 Å². The minimum Gasteiger partial charge on any atom is -0.349 e. The molecule has 2 aromatic rings. The third-order valence-electron chi connectivity index (χ3n) is 4.39. The number of halogens is 4. The van der Waals surface area contributed by atoms with Crippen molar-refractivity contribution in [2.24, 2.45) is 5.41 Å². The van der Waals surface area contributed by atoms with Crippen LogP contribution in [0.2, 0.25) is 0 Å². The highest BCUT2D eigenvalue weighted by molar-refractivity contribution is 5.90. The first kappa shape index (κ1) is 21.1. The van der Waals surface area contributed by atoms with E-state index in [2.05, 4.69) is 37.7 Å². The second kappa shape index (κ2) is 7.80. The Labute approximate surface area is 158 Å². The van der Waals surface area contributed by atoms with Crippen molar-refractivity contribution in [1.29, 1.82) is 0 Å². The first-order valence-corrected chi connectivity index (χ1v) is 8.10. The zero-order valence-electron chi connectivity index (χ0n) is 14.7. The molecule has 0 unspecified atom stereocenters. The van der Waals surface area contributed by atoms with Gasteiger partial charge in [-0.25, -0.2) is 4.98 Å². The molecule has 3 heterocycles. The molecular formula is C14H20ClF3N8O. The molecule has 0 spiro atoms. The smallest absolute Gasteiger partial charge is 0.349 e. The lowest BCUT2D eigenvalue weighted by Crippen LogP contribution is -2.43. The summed E-state index contributed by atoms with van der Waals surface area (Å²) in [6.07, 6.45) is -2.78. The molecule has 27 heavy (non-hydrogen) atoms. The van der Waals surface area contributed by atoms with Crippen molar-refractivity contribution in [3.05, 3.63) is 17.5 Å². The van der Waals surface area contributed by atoms with Crippen molar-refractivity contribution in [2.45, 2.75) is 32.9 Å². The average Bonchev–Trinajstić information content (AvgIpc) is 3.19. The average molecular weight is 409 g/mol. The van der Waals surface area contributed by atoms with Crippen LogP contribution in [0.25, 0.3) is 5.95 Å². The van der Waals surface area contributed by atoms with Gasteiger partial charge in [0.25, 0.3) is 11.9 Å². The van der Waals surface area contributed by atoms with Gasteiger partial charge in [0.05, 0.1) is 0 Å². The monoisotopic (exact) mass is 408 g/mol. The maximum absolute atomic E-state index is 12.6. The van der Waals surface area contributed by atoms with E-state index in [4.69, 9.17) is 0 Å². The van der Waals surface area contributed by atoms with Crippen molar-refractivity contribution in [3.8, 4) is 5.95 Å². The summed E-state index contributed by atoms with van der Waals surface area (Å²) in [5.74, 6) is -1.99. The van der Waals surface area contributed by atoms with Crippen molar-refractivity contribution in [2.75, 3.05) is 19.6 Å². The number of aromatic amines is 1. The third kappa shape index (κ3) is 4.75. The van der Waals surface area contributed by atoms with Crippen LogP contribution < -0.4 is 10.6 Å². The van der Waals surface area contributed by atoms with E-state index in [0.717, 1.165) is 30.6 Å². The number of aryl methyl sites for hydroxylation is 1. The number of aromatic nitrogens is 6. The quantitative estimate of drug-likeness (QED) is 0.701. The summed E-state index contributed by atoms with van der Waals surface area (Å²) in [7, 11) is 0. The van der Waals surface area contributed by atoms with Gasteiger partial charge in [-0.15, -0.1) is 22.6 Å². The van der Waals surface area contributed by atoms with E-state index in [1.807, 2.05) is 0 Å². The molecule has 1 amide bonds. The highest BCUT2D eigenvalue weighted by Gasteiger charge is 2.36. The molecule has 13 heteroatoms. The molecule has 150 valence electrons. The molecule has 1 fully saturated rings. The number of rotatable bonds is 4. The van der Waals surface area contributed by atoms with Gasteiger partial charge >= 0.3 is 6.18 Å². The van der Waals surface area contributed by atoms with E-state index in [1.165, 1.54) is 6.92 Å². The lowest BCUT2D eigenvalue weighted by atomic mass is 9.81. The van der Waals surface area contributed by atoms with E-state index in [9.17, 15) is 18.0 Å². The fourth-order valence-electron chi connectivity index (χ4n) is 2.73. The molecule has 0 saturated carbocycles. The Morgan fingerprint density at radius 3 is 2.56 bits per heavy atom. The highest BCUT2D eigenvalue weighted by Crippen LogP contribution is 2.27. The zero-order chi connectivity index (χ0) is 18.9. The lowest BCUT2D eigenvalue weighted by Gasteiger charge is -2.33. The van der Waals surface area contributed by atoms with Gasteiger partial charge in [0.15, 0.2) is 0 Å². The normalized spacial score (nSPS) is 16.6. The van der Waals surface area contributed by atoms with Crippen LogP contribution in [0.4, 0.5) is 13.2 Å². The Morgan fingerprint density at radius 2 is 1.96 bits per heavy atom. The van der Waals surface area contributed by atoms with Gasteiger partial charge in [-0.3, -0.25) is 9.89 Å². The summed E-state index contributed by atoms with van der Waals surface area (Å²) in [6, 6.07) is 0. The van der Waals surface area contributed by atoms with Crippen molar-refractivity contribution in [3.63, 3.8) is 0 Å². The van der Waals surface area contributed by atoms with E-state index in [0.29, 0.717) is 6.54 Å². The zero-order valence-corrected chi connectivity index (χ0v) is 15.5. The first-order valence-electron chi connectivity index (χ1n) is 8.10. The number of piperidine rings is 1. The summed E-state index contributed by atoms with van der Waals surface area (Å²) in [4.78, 5) is 19.6. The maximum Gasteiger partial charge on any atom is 0.451 e. The number of carbonyl (C=O) groups is 1. The predicted molar refractivity (Wildman–Crippen MR) is 90.8 cm³/mol. The first-order chi connectivity index (χ1) is 12.2. The Kier molecular flexibility index (Phi) is 6.10. The van der Waals surface area contributed by atoms with E-state index in [1.54, 1.807) is 5.10 Å². The molecule has 0 atom stereocenters. The predicted octanol–water partition coefficient (Wildman–Crippen LogP) is 1.25. The summed E-state index contributed by atoms with van der Waals surface area (Å²) < 4.78 is 38.8. The van der Waals surface area contributed by atoms with Crippen molar-refractivity contribution < 1.29 is 18.0 Å². The number of alkyl halides is 3. The topological polar surface area (TPSA) is 113 Å². The van der Waals surface area contributed by atoms with Gasteiger partial charge in [0.2, 0.25) is 11.6 Å². The van der Waals surface area contributed by atoms with E-state index >= 15 is 0 Å². The molecule has 9 nitrogen and oxygen atoms in total. The molecule has 2 aromatic heterocycles. The number of nitrogens with one attached hydrogen (secondary N) is 3. The summed E-state index contributed by atoms with van der Waals surface area (Å²) in [5.41, 5.74) is -0.0100. The van der Waals surface area contributed by atoms with Crippen LogP contribution in [0.15, 0.2) is 0 Å². The minimum absolute atomic E-state index is 0. The van der Waals surface area contributed by atoms with Crippen LogP contribution in [-0.2, 0) is 6.18 Å². The summed E-state index contributed by atoms with van der Waals surface area (Å²) >= 11 is 0. The molecule has 1 aliphatic heterocycles. The minimum atomic E-state index is -4.65. The number of carbonyl (C=O) groups excluding carboxylic acids is 1. The Bertz CT molecular complexity index is 797. The summed E-state index contributed by atoms with van der Waals surface area (Å²) in [5, 5.41) is 15.3. The van der Waals surface area contributed by atoms with E-state index in [-0.39, 0.29) is 35.4 Å². The van der Waals surface area contributed by atoms with E-state index < -0.39 is 17.9 Å². The van der Waals surface area contributed by atoms with Gasteiger partial charge in [-0.05, 0) is 38.3 Å². The Hall–Kier alpha value is -2.21. The van der Waals surface area contributed by atoms with Crippen LogP contribution in [0.1, 0.15) is 42.0 Å². The largest absolute Gasteiger partial charge is 0.451 e. The van der Waals surface area contributed by atoms with Crippen LogP contribution in [-0.4, -0.2) is 55.5 Å². The number of H-pyrrole nitrogens is 1. The Morgan fingerprint density at radius 1 is 1.30 bits per heavy atom. The third-order valence-corrected chi connectivity index (χ3v) is 4.39. The van der Waals surface area contributed by atoms with Crippen LogP contribution in [0, 0.1) is 12.3 Å². The standard InChI is InChI=1S/C14H19F3N8O.ClH/c1-8-20-9(10(26)19-7-13(2)3-5-18-6-4-13)24-25(8)12-21-11(22-23-12)14(15,16)17;/h18H,3-7H2,1-2H3,(H,19,26)(H,21,22,23);1H. The SMILES string of the molecule is Cc1nc(C(=O)NCC2(C)CCNCC2)nn1-c1n[nH]c(C(F)(F)F)n1.Cl. The van der Waals surface area contributed by atoms with Crippen LogP contribution in [0.3, 0.4) is 0 Å². The molecule has 0 aliphatic carbocycles. The van der Waals surface area contributed by atoms with Gasteiger partial charge in [-0.1, -0.05) is 6.92 Å². The molecule has 3 N–H and O–H groups in total. The van der Waals surface area contributed by atoms with Gasteiger partial charge in [-0.2, -0.15) is 22.8 Å². The number of hydrogen-bond acceptors (Lipinski definition) is 6. The molecule has 0 bridgehead atoms. The van der Waals surface area contributed by atoms with Crippen molar-refractivity contribution in [1.82, 2.24) is 40.6 Å². The molecule has 1 saturated heterocycles. The molecule has 0 aromatic carbocycles. The molecule has 1 aliphatic rings. The highest BCUT2D eigenvalue weighted by atomic mass is 35.5. The summed E-state index contributed by atoms with van der Waals surface area (Å²) in [6.45, 7) is 5.86. The van der Waals surface area contributed by atoms with Gasteiger partial charge in [0.1, 0.15) is 5.82 Å². The number of nitrogens with zero attached hydrogens (tertiary/aromatic N) is 5. The molecule has 3 rings (SSSR count). The fourth-order valence-corrected chi connectivity index (χ4v) is 2.73. The maximum atomic E-state index is 12.6. The Balaban J connectivity index is 0.00000261. The molecular weight excluding hydrogens is 389 g/mol. The number of amides is 1. The van der Waals surface area contributed by atoms with Gasteiger partial charge in [0, 0.05) is 6.54 Å². The second-order valence-electron chi connectivity index (χ2n) is 6.62. The van der Waals surface area contributed by atoms with Crippen molar-refractivity contribution >= 4 is 18.3 Å². The second-order valence-corrected chi connectivity index (χ2v) is 6.62.